The molecule has 7 heteroatoms. The van der Waals surface area contributed by atoms with Crippen molar-refractivity contribution in [2.45, 2.75) is 0 Å². The van der Waals surface area contributed by atoms with Crippen molar-refractivity contribution in [2.24, 2.45) is 0 Å². The van der Waals surface area contributed by atoms with Gasteiger partial charge in [-0.2, -0.15) is 5.10 Å². The number of nitrogens with one attached hydrogen (secondary N) is 3. The molecule has 0 aliphatic carbocycles. The van der Waals surface area contributed by atoms with Gasteiger partial charge in [0, 0.05) is 10.9 Å². The molecule has 1 heterocycles. The van der Waals surface area contributed by atoms with Crippen LogP contribution in [-0.4, -0.2) is 22.0 Å². The highest BCUT2D eigenvalue weighted by atomic mass is 16.2. The third kappa shape index (κ3) is 3.61. The van der Waals surface area contributed by atoms with Crippen LogP contribution in [0.25, 0.3) is 21.9 Å². The van der Waals surface area contributed by atoms with Gasteiger partial charge in [-0.1, -0.05) is 66.7 Å². The van der Waals surface area contributed by atoms with Crippen LogP contribution in [0, 0.1) is 0 Å². The quantitative estimate of drug-likeness (QED) is 0.472. The van der Waals surface area contributed by atoms with E-state index in [4.69, 9.17) is 0 Å². The first kappa shape index (κ1) is 18.1. The van der Waals surface area contributed by atoms with E-state index in [2.05, 4.69) is 21.0 Å². The summed E-state index contributed by atoms with van der Waals surface area (Å²) < 4.78 is 0. The Bertz CT molecular complexity index is 1270. The van der Waals surface area contributed by atoms with Crippen molar-refractivity contribution >= 4 is 22.6 Å². The second kappa shape index (κ2) is 7.77. The molecule has 0 saturated carbocycles. The van der Waals surface area contributed by atoms with Gasteiger partial charge in [-0.25, -0.2) is 5.10 Å². The van der Waals surface area contributed by atoms with Gasteiger partial charge in [-0.05, 0) is 23.3 Å². The van der Waals surface area contributed by atoms with Gasteiger partial charge in [-0.15, -0.1) is 0 Å². The Labute approximate surface area is 165 Å². The van der Waals surface area contributed by atoms with Crippen molar-refractivity contribution in [1.82, 2.24) is 21.0 Å². The summed E-state index contributed by atoms with van der Waals surface area (Å²) in [6, 6.07) is 23.2. The minimum absolute atomic E-state index is 0.0110. The van der Waals surface area contributed by atoms with E-state index in [1.165, 1.54) is 0 Å². The third-order valence-electron chi connectivity index (χ3n) is 4.46. The monoisotopic (exact) mass is 384 g/mol. The number of hydrogen-bond donors (Lipinski definition) is 3. The number of aromatic nitrogens is 2. The van der Waals surface area contributed by atoms with Gasteiger partial charge in [-0.3, -0.25) is 25.2 Å². The standard InChI is InChI=1S/C22H16N4O3/c27-20(17-12-6-4-10-15(17)14-8-2-1-3-9-14)25-26-22(29)19-16-11-5-7-13-18(16)21(28)24-23-19/h1-13H,(H,24,28)(H,25,27)(H,26,29). The maximum atomic E-state index is 12.7. The molecule has 4 rings (SSSR count). The number of carbonyl (C=O) groups excluding carboxylic acids is 2. The summed E-state index contributed by atoms with van der Waals surface area (Å²) in [5, 5.41) is 6.85. The first-order valence-electron chi connectivity index (χ1n) is 8.87. The van der Waals surface area contributed by atoms with Crippen molar-refractivity contribution in [1.29, 1.82) is 0 Å². The van der Waals surface area contributed by atoms with Crippen molar-refractivity contribution in [3.8, 4) is 11.1 Å². The zero-order valence-corrected chi connectivity index (χ0v) is 15.2. The minimum atomic E-state index is -0.636. The van der Waals surface area contributed by atoms with Crippen molar-refractivity contribution < 1.29 is 9.59 Å². The smallest absolute Gasteiger partial charge is 0.267 e. The maximum absolute atomic E-state index is 12.7. The van der Waals surface area contributed by atoms with Crippen LogP contribution in [0.1, 0.15) is 20.8 Å². The van der Waals surface area contributed by atoms with Gasteiger partial charge >= 0.3 is 0 Å². The van der Waals surface area contributed by atoms with Gasteiger partial charge in [0.2, 0.25) is 0 Å². The number of hydrazine groups is 1. The number of hydrogen-bond acceptors (Lipinski definition) is 4. The third-order valence-corrected chi connectivity index (χ3v) is 4.46. The second-order valence-electron chi connectivity index (χ2n) is 6.27. The molecule has 3 N–H and O–H groups in total. The fraction of sp³-hybridized carbons (Fsp3) is 0. The van der Waals surface area contributed by atoms with Crippen LogP contribution in [0.5, 0.6) is 0 Å². The molecule has 0 spiro atoms. The molecule has 0 saturated heterocycles. The molecule has 0 atom stereocenters. The topological polar surface area (TPSA) is 104 Å². The van der Waals surface area contributed by atoms with Crippen LogP contribution in [0.2, 0.25) is 0 Å². The number of aromatic amines is 1. The van der Waals surface area contributed by atoms with Gasteiger partial charge in [0.05, 0.1) is 5.39 Å². The summed E-state index contributed by atoms with van der Waals surface area (Å²) in [5.74, 6) is -1.10. The molecule has 0 unspecified atom stereocenters. The van der Waals surface area contributed by atoms with Crippen LogP contribution in [0.3, 0.4) is 0 Å². The summed E-state index contributed by atoms with van der Waals surface area (Å²) in [6.45, 7) is 0. The molecule has 3 aromatic carbocycles. The first-order valence-corrected chi connectivity index (χ1v) is 8.87. The zero-order valence-electron chi connectivity index (χ0n) is 15.2. The molecule has 0 fully saturated rings. The van der Waals surface area contributed by atoms with E-state index in [1.54, 1.807) is 36.4 Å². The van der Waals surface area contributed by atoms with Crippen LogP contribution < -0.4 is 16.4 Å². The number of nitrogens with zero attached hydrogens (tertiary/aromatic N) is 1. The van der Waals surface area contributed by atoms with Gasteiger partial charge in [0.25, 0.3) is 17.4 Å². The largest absolute Gasteiger partial charge is 0.290 e. The average molecular weight is 384 g/mol. The van der Waals surface area contributed by atoms with Crippen LogP contribution >= 0.6 is 0 Å². The van der Waals surface area contributed by atoms with E-state index in [1.807, 2.05) is 42.5 Å². The second-order valence-corrected chi connectivity index (χ2v) is 6.27. The highest BCUT2D eigenvalue weighted by Gasteiger charge is 2.16. The van der Waals surface area contributed by atoms with Crippen LogP contribution in [0.15, 0.2) is 83.7 Å². The summed E-state index contributed by atoms with van der Waals surface area (Å²) in [4.78, 5) is 37.1. The summed E-state index contributed by atoms with van der Waals surface area (Å²) in [5.41, 5.74) is 6.45. The Balaban J connectivity index is 1.57. The van der Waals surface area contributed by atoms with Crippen LogP contribution in [-0.2, 0) is 0 Å². The highest BCUT2D eigenvalue weighted by molar-refractivity contribution is 6.07. The van der Waals surface area contributed by atoms with E-state index >= 15 is 0 Å². The highest BCUT2D eigenvalue weighted by Crippen LogP contribution is 2.23. The average Bonchev–Trinajstić information content (AvgIpc) is 2.78. The molecule has 0 radical (unpaired) electrons. The molecule has 4 aromatic rings. The van der Waals surface area contributed by atoms with E-state index < -0.39 is 17.4 Å². The normalized spacial score (nSPS) is 10.5. The number of rotatable bonds is 3. The molecule has 0 aliphatic heterocycles. The Morgan fingerprint density at radius 2 is 1.34 bits per heavy atom. The summed E-state index contributed by atoms with van der Waals surface area (Å²) in [6.07, 6.45) is 0. The molecular weight excluding hydrogens is 368 g/mol. The van der Waals surface area contributed by atoms with Crippen molar-refractivity contribution in [3.05, 3.63) is 100 Å². The summed E-state index contributed by atoms with van der Waals surface area (Å²) >= 11 is 0. The zero-order chi connectivity index (χ0) is 20.2. The van der Waals surface area contributed by atoms with Gasteiger partial charge < -0.3 is 0 Å². The van der Waals surface area contributed by atoms with E-state index in [9.17, 15) is 14.4 Å². The lowest BCUT2D eigenvalue weighted by atomic mass is 9.99. The molecule has 7 nitrogen and oxygen atoms in total. The lowest BCUT2D eigenvalue weighted by Crippen LogP contribution is -2.42. The van der Waals surface area contributed by atoms with Crippen molar-refractivity contribution in [2.75, 3.05) is 0 Å². The van der Waals surface area contributed by atoms with E-state index in [0.717, 1.165) is 11.1 Å². The maximum Gasteiger partial charge on any atom is 0.290 e. The predicted molar refractivity (Wildman–Crippen MR) is 109 cm³/mol. The molecule has 0 bridgehead atoms. The van der Waals surface area contributed by atoms with Gasteiger partial charge in [0.1, 0.15) is 0 Å². The van der Waals surface area contributed by atoms with E-state index in [0.29, 0.717) is 16.3 Å². The molecule has 29 heavy (non-hydrogen) atoms. The number of amides is 2. The van der Waals surface area contributed by atoms with Crippen LogP contribution in [0.4, 0.5) is 0 Å². The molecule has 0 aliphatic rings. The number of H-pyrrole nitrogens is 1. The molecule has 142 valence electrons. The Hall–Kier alpha value is -4.26. The fourth-order valence-electron chi connectivity index (χ4n) is 3.08. The van der Waals surface area contributed by atoms with E-state index in [-0.39, 0.29) is 5.69 Å². The molecule has 2 amide bonds. The SMILES string of the molecule is O=C(NNC(=O)c1n[nH]c(=O)c2ccccc12)c1ccccc1-c1ccccc1. The summed E-state index contributed by atoms with van der Waals surface area (Å²) in [7, 11) is 0. The molecular formula is C22H16N4O3. The Morgan fingerprint density at radius 1 is 0.724 bits per heavy atom. The predicted octanol–water partition coefficient (Wildman–Crippen LogP) is 2.66. The number of fused-ring (bicyclic) bond motifs is 1. The number of carbonyl (C=O) groups is 2. The van der Waals surface area contributed by atoms with Gasteiger partial charge in [0.15, 0.2) is 5.69 Å². The Morgan fingerprint density at radius 3 is 2.14 bits per heavy atom. The first-order chi connectivity index (χ1) is 14.1. The Kier molecular flexibility index (Phi) is 4.86. The van der Waals surface area contributed by atoms with Crippen molar-refractivity contribution in [3.63, 3.8) is 0 Å². The lowest BCUT2D eigenvalue weighted by Gasteiger charge is -2.11. The minimum Gasteiger partial charge on any atom is -0.267 e. The molecule has 1 aromatic heterocycles. The fourth-order valence-corrected chi connectivity index (χ4v) is 3.08. The lowest BCUT2D eigenvalue weighted by molar-refractivity contribution is 0.0844. The number of benzene rings is 3.